The SMILES string of the molecule is CCCCc1cc2c3cc(-c4nc(-c5ccccc5)nc(-c5ccccc5)n4)ccc3c3ccc4oc5ccccc5c4c3c2cc1CCCC. The summed E-state index contributed by atoms with van der Waals surface area (Å²) in [5.41, 5.74) is 7.69. The predicted molar refractivity (Wildman–Crippen MR) is 213 cm³/mol. The molecule has 0 bridgehead atoms. The summed E-state index contributed by atoms with van der Waals surface area (Å²) in [4.78, 5) is 15.1. The van der Waals surface area contributed by atoms with E-state index in [1.54, 1.807) is 0 Å². The van der Waals surface area contributed by atoms with Crippen molar-refractivity contribution in [3.8, 4) is 34.2 Å². The monoisotopic (exact) mass is 661 g/mol. The van der Waals surface area contributed by atoms with E-state index in [9.17, 15) is 0 Å². The van der Waals surface area contributed by atoms with Crippen molar-refractivity contribution in [2.75, 3.05) is 0 Å². The van der Waals surface area contributed by atoms with E-state index in [2.05, 4.69) is 105 Å². The Bertz CT molecular complexity index is 2650. The van der Waals surface area contributed by atoms with Crippen molar-refractivity contribution in [2.24, 2.45) is 0 Å². The van der Waals surface area contributed by atoms with Gasteiger partial charge in [-0.25, -0.2) is 15.0 Å². The number of aromatic nitrogens is 3. The van der Waals surface area contributed by atoms with Crippen LogP contribution in [0.1, 0.15) is 50.7 Å². The van der Waals surface area contributed by atoms with Gasteiger partial charge in [0.2, 0.25) is 0 Å². The summed E-state index contributed by atoms with van der Waals surface area (Å²) in [6, 6.07) is 45.0. The number of benzene rings is 7. The second-order valence-corrected chi connectivity index (χ2v) is 13.6. The molecule has 0 aliphatic carbocycles. The molecule has 2 aromatic heterocycles. The number of hydrogen-bond acceptors (Lipinski definition) is 4. The fourth-order valence-electron chi connectivity index (χ4n) is 7.72. The lowest BCUT2D eigenvalue weighted by Gasteiger charge is -2.17. The maximum Gasteiger partial charge on any atom is 0.164 e. The van der Waals surface area contributed by atoms with Crippen LogP contribution in [0.2, 0.25) is 0 Å². The topological polar surface area (TPSA) is 51.8 Å². The van der Waals surface area contributed by atoms with E-state index in [1.807, 2.05) is 36.4 Å². The Hall–Kier alpha value is -5.87. The molecular formula is C47H39N3O. The quantitative estimate of drug-likeness (QED) is 0.144. The molecule has 2 heterocycles. The molecular weight excluding hydrogens is 623 g/mol. The van der Waals surface area contributed by atoms with Gasteiger partial charge in [-0.2, -0.15) is 0 Å². The van der Waals surface area contributed by atoms with Crippen LogP contribution in [0.3, 0.4) is 0 Å². The molecule has 248 valence electrons. The van der Waals surface area contributed by atoms with E-state index in [0.717, 1.165) is 46.1 Å². The third-order valence-corrected chi connectivity index (χ3v) is 10.3. The van der Waals surface area contributed by atoms with Crippen molar-refractivity contribution in [3.63, 3.8) is 0 Å². The number of hydrogen-bond donors (Lipinski definition) is 0. The molecule has 51 heavy (non-hydrogen) atoms. The van der Waals surface area contributed by atoms with Crippen LogP contribution < -0.4 is 0 Å². The first-order valence-corrected chi connectivity index (χ1v) is 18.3. The van der Waals surface area contributed by atoms with E-state index < -0.39 is 0 Å². The highest BCUT2D eigenvalue weighted by molar-refractivity contribution is 6.34. The zero-order chi connectivity index (χ0) is 34.3. The lowest BCUT2D eigenvalue weighted by molar-refractivity contribution is 0.669. The summed E-state index contributed by atoms with van der Waals surface area (Å²) < 4.78 is 6.44. The minimum Gasteiger partial charge on any atom is -0.456 e. The molecule has 0 N–H and O–H groups in total. The number of para-hydroxylation sites is 1. The molecule has 0 atom stereocenters. The second kappa shape index (κ2) is 13.1. The van der Waals surface area contributed by atoms with Gasteiger partial charge in [0.05, 0.1) is 0 Å². The highest BCUT2D eigenvalue weighted by atomic mass is 16.3. The fraction of sp³-hybridized carbons (Fsp3) is 0.170. The molecule has 0 amide bonds. The lowest BCUT2D eigenvalue weighted by Crippen LogP contribution is -2.00. The molecule has 0 saturated heterocycles. The van der Waals surface area contributed by atoms with Crippen molar-refractivity contribution < 1.29 is 4.42 Å². The standard InChI is InChI=1S/C47H39N3O/c1-3-5-15-32-27-39-38-29-34(47-49-45(30-17-9-7-10-18-30)48-46(50-47)31-19-11-8-12-20-31)23-24-35(38)36-25-26-42-44(37-21-13-14-22-41(37)51-42)43(36)40(39)28-33(32)16-6-4-2/h7-14,17-29H,3-6,15-16H2,1-2H3. The largest absolute Gasteiger partial charge is 0.456 e. The number of nitrogens with zero attached hydrogens (tertiary/aromatic N) is 3. The van der Waals surface area contributed by atoms with E-state index in [0.29, 0.717) is 17.5 Å². The van der Waals surface area contributed by atoms with Gasteiger partial charge in [0.1, 0.15) is 11.2 Å². The molecule has 0 saturated carbocycles. The zero-order valence-corrected chi connectivity index (χ0v) is 29.1. The predicted octanol–water partition coefficient (Wildman–Crippen LogP) is 12.9. The van der Waals surface area contributed by atoms with Gasteiger partial charge < -0.3 is 4.42 Å². The van der Waals surface area contributed by atoms with Gasteiger partial charge in [0, 0.05) is 32.8 Å². The number of unbranched alkanes of at least 4 members (excludes halogenated alkanes) is 2. The molecule has 7 aromatic carbocycles. The van der Waals surface area contributed by atoms with Crippen LogP contribution >= 0.6 is 0 Å². The van der Waals surface area contributed by atoms with Crippen LogP contribution in [0, 0.1) is 0 Å². The van der Waals surface area contributed by atoms with Crippen molar-refractivity contribution in [3.05, 3.63) is 139 Å². The van der Waals surface area contributed by atoms with E-state index in [4.69, 9.17) is 19.4 Å². The smallest absolute Gasteiger partial charge is 0.164 e. The number of furan rings is 1. The third kappa shape index (κ3) is 5.52. The summed E-state index contributed by atoms with van der Waals surface area (Å²) in [6.07, 6.45) is 6.86. The summed E-state index contributed by atoms with van der Waals surface area (Å²) in [7, 11) is 0. The average Bonchev–Trinajstić information content (AvgIpc) is 3.58. The van der Waals surface area contributed by atoms with Crippen molar-refractivity contribution >= 4 is 54.3 Å². The number of rotatable bonds is 9. The van der Waals surface area contributed by atoms with Gasteiger partial charge in [-0.3, -0.25) is 0 Å². The Morgan fingerprint density at radius 1 is 0.412 bits per heavy atom. The van der Waals surface area contributed by atoms with Crippen LogP contribution in [0.25, 0.3) is 88.4 Å². The Morgan fingerprint density at radius 2 is 0.961 bits per heavy atom. The van der Waals surface area contributed by atoms with Crippen LogP contribution in [0.5, 0.6) is 0 Å². The fourth-order valence-corrected chi connectivity index (χ4v) is 7.72. The molecule has 0 unspecified atom stereocenters. The highest BCUT2D eigenvalue weighted by Crippen LogP contribution is 2.44. The first-order valence-electron chi connectivity index (χ1n) is 18.3. The Balaban J connectivity index is 1.36. The van der Waals surface area contributed by atoms with Crippen molar-refractivity contribution in [2.45, 2.75) is 52.4 Å². The maximum atomic E-state index is 6.44. The lowest BCUT2D eigenvalue weighted by atomic mass is 9.87. The van der Waals surface area contributed by atoms with Crippen LogP contribution in [0.4, 0.5) is 0 Å². The van der Waals surface area contributed by atoms with Gasteiger partial charge in [0.25, 0.3) is 0 Å². The Kier molecular flexibility index (Phi) is 8.00. The van der Waals surface area contributed by atoms with Gasteiger partial charge in [0.15, 0.2) is 17.5 Å². The molecule has 0 aliphatic heterocycles. The van der Waals surface area contributed by atoms with E-state index >= 15 is 0 Å². The van der Waals surface area contributed by atoms with E-state index in [-0.39, 0.29) is 0 Å². The average molecular weight is 662 g/mol. The first kappa shape index (κ1) is 31.1. The van der Waals surface area contributed by atoms with Gasteiger partial charge >= 0.3 is 0 Å². The molecule has 9 aromatic rings. The molecule has 9 rings (SSSR count). The van der Waals surface area contributed by atoms with Crippen molar-refractivity contribution in [1.29, 1.82) is 0 Å². The first-order chi connectivity index (χ1) is 25.2. The van der Waals surface area contributed by atoms with Gasteiger partial charge in [-0.1, -0.05) is 130 Å². The molecule has 0 fully saturated rings. The zero-order valence-electron chi connectivity index (χ0n) is 29.1. The normalized spacial score (nSPS) is 11.8. The summed E-state index contributed by atoms with van der Waals surface area (Å²) in [6.45, 7) is 4.57. The minimum atomic E-state index is 0.666. The summed E-state index contributed by atoms with van der Waals surface area (Å²) >= 11 is 0. The van der Waals surface area contributed by atoms with Crippen LogP contribution in [0.15, 0.2) is 132 Å². The molecule has 0 spiro atoms. The summed E-state index contributed by atoms with van der Waals surface area (Å²) in [5.74, 6) is 2.00. The van der Waals surface area contributed by atoms with Gasteiger partial charge in [-0.05, 0) is 88.0 Å². The Labute approximate surface area is 297 Å². The summed E-state index contributed by atoms with van der Waals surface area (Å²) in [5, 5.41) is 9.84. The van der Waals surface area contributed by atoms with E-state index in [1.165, 1.54) is 74.5 Å². The molecule has 4 heteroatoms. The van der Waals surface area contributed by atoms with Crippen LogP contribution in [-0.2, 0) is 12.8 Å². The number of aryl methyl sites for hydroxylation is 2. The third-order valence-electron chi connectivity index (χ3n) is 10.3. The van der Waals surface area contributed by atoms with Crippen LogP contribution in [-0.4, -0.2) is 15.0 Å². The Morgan fingerprint density at radius 3 is 1.61 bits per heavy atom. The van der Waals surface area contributed by atoms with Gasteiger partial charge in [-0.15, -0.1) is 0 Å². The molecule has 0 aliphatic rings. The number of fused-ring (bicyclic) bond motifs is 10. The molecule has 0 radical (unpaired) electrons. The second-order valence-electron chi connectivity index (χ2n) is 13.6. The molecule has 4 nitrogen and oxygen atoms in total. The highest BCUT2D eigenvalue weighted by Gasteiger charge is 2.19. The minimum absolute atomic E-state index is 0.666. The maximum absolute atomic E-state index is 6.44. The van der Waals surface area contributed by atoms with Crippen molar-refractivity contribution in [1.82, 2.24) is 15.0 Å².